The van der Waals surface area contributed by atoms with Crippen LogP contribution in [-0.2, 0) is 4.79 Å². The number of carbonyl (C=O) groups is 1. The topological polar surface area (TPSA) is 49.3 Å². The molecule has 1 amide bonds. The molecule has 1 aliphatic carbocycles. The van der Waals surface area contributed by atoms with Crippen LogP contribution in [0.1, 0.15) is 36.8 Å². The third-order valence-corrected chi connectivity index (χ3v) is 3.63. The van der Waals surface area contributed by atoms with Gasteiger partial charge in [-0.15, -0.1) is 0 Å². The van der Waals surface area contributed by atoms with Crippen LogP contribution in [-0.4, -0.2) is 23.2 Å². The third kappa shape index (κ3) is 4.21. The molecule has 0 spiro atoms. The van der Waals surface area contributed by atoms with Crippen LogP contribution in [0.2, 0.25) is 0 Å². The van der Waals surface area contributed by atoms with E-state index >= 15 is 0 Å². The van der Waals surface area contributed by atoms with Gasteiger partial charge in [0.05, 0.1) is 5.60 Å². The lowest BCUT2D eigenvalue weighted by atomic mass is 10.0. The largest absolute Gasteiger partial charge is 0.388 e. The molecular formula is C16H21NO2. The molecule has 0 radical (unpaired) electrons. The quantitative estimate of drug-likeness (QED) is 0.816. The predicted octanol–water partition coefficient (Wildman–Crippen LogP) is 2.43. The molecule has 0 unspecified atom stereocenters. The minimum Gasteiger partial charge on any atom is -0.388 e. The average molecular weight is 259 g/mol. The van der Waals surface area contributed by atoms with Crippen molar-refractivity contribution in [2.75, 3.05) is 6.54 Å². The number of hydrogen-bond acceptors (Lipinski definition) is 2. The van der Waals surface area contributed by atoms with Gasteiger partial charge in [-0.05, 0) is 31.4 Å². The van der Waals surface area contributed by atoms with Gasteiger partial charge in [-0.25, -0.2) is 0 Å². The van der Waals surface area contributed by atoms with Crippen molar-refractivity contribution in [3.63, 3.8) is 0 Å². The fourth-order valence-corrected chi connectivity index (χ4v) is 2.37. The fraction of sp³-hybridized carbons (Fsp3) is 0.438. The summed E-state index contributed by atoms with van der Waals surface area (Å²) in [6.07, 6.45) is 6.97. The number of benzene rings is 1. The molecule has 1 saturated carbocycles. The number of rotatable bonds is 4. The number of aryl methyl sites for hydroxylation is 1. The Morgan fingerprint density at radius 3 is 2.58 bits per heavy atom. The second kappa shape index (κ2) is 6.02. The smallest absolute Gasteiger partial charge is 0.244 e. The van der Waals surface area contributed by atoms with E-state index in [0.29, 0.717) is 6.54 Å². The summed E-state index contributed by atoms with van der Waals surface area (Å²) in [6.45, 7) is 2.38. The predicted molar refractivity (Wildman–Crippen MR) is 76.6 cm³/mol. The van der Waals surface area contributed by atoms with E-state index in [2.05, 4.69) is 5.32 Å². The molecule has 0 aromatic heterocycles. The van der Waals surface area contributed by atoms with Gasteiger partial charge < -0.3 is 10.4 Å². The standard InChI is InChI=1S/C16H21NO2/c1-13-4-6-14(7-5-13)8-9-15(18)17-12-16(19)10-2-3-11-16/h4-9,19H,2-3,10-12H2,1H3,(H,17,18). The number of nitrogens with one attached hydrogen (secondary N) is 1. The summed E-state index contributed by atoms with van der Waals surface area (Å²) < 4.78 is 0. The van der Waals surface area contributed by atoms with Crippen molar-refractivity contribution in [1.29, 1.82) is 0 Å². The lowest BCUT2D eigenvalue weighted by Crippen LogP contribution is -2.40. The van der Waals surface area contributed by atoms with Gasteiger partial charge in [0.2, 0.25) is 5.91 Å². The third-order valence-electron chi connectivity index (χ3n) is 3.63. The fourth-order valence-electron chi connectivity index (χ4n) is 2.37. The van der Waals surface area contributed by atoms with Gasteiger partial charge in [-0.2, -0.15) is 0 Å². The number of hydrogen-bond donors (Lipinski definition) is 2. The molecule has 1 fully saturated rings. The van der Waals surface area contributed by atoms with Crippen LogP contribution in [0.25, 0.3) is 6.08 Å². The average Bonchev–Trinajstić information content (AvgIpc) is 2.83. The highest BCUT2D eigenvalue weighted by Crippen LogP contribution is 2.28. The highest BCUT2D eigenvalue weighted by Gasteiger charge is 2.30. The highest BCUT2D eigenvalue weighted by atomic mass is 16.3. The summed E-state index contributed by atoms with van der Waals surface area (Å²) in [5, 5.41) is 12.9. The minimum absolute atomic E-state index is 0.152. The van der Waals surface area contributed by atoms with E-state index in [1.807, 2.05) is 31.2 Å². The minimum atomic E-state index is -0.687. The van der Waals surface area contributed by atoms with E-state index in [1.165, 1.54) is 11.6 Å². The number of amides is 1. The van der Waals surface area contributed by atoms with Gasteiger partial charge >= 0.3 is 0 Å². The van der Waals surface area contributed by atoms with Gasteiger partial charge in [0.25, 0.3) is 0 Å². The zero-order valence-electron chi connectivity index (χ0n) is 11.4. The van der Waals surface area contributed by atoms with Crippen molar-refractivity contribution in [1.82, 2.24) is 5.32 Å². The second-order valence-corrected chi connectivity index (χ2v) is 5.39. The Hall–Kier alpha value is -1.61. The molecule has 0 atom stereocenters. The van der Waals surface area contributed by atoms with Crippen LogP contribution in [0.3, 0.4) is 0 Å². The Balaban J connectivity index is 1.82. The van der Waals surface area contributed by atoms with E-state index in [-0.39, 0.29) is 5.91 Å². The molecule has 0 aliphatic heterocycles. The first-order valence-electron chi connectivity index (χ1n) is 6.82. The zero-order valence-corrected chi connectivity index (χ0v) is 11.4. The van der Waals surface area contributed by atoms with Crippen molar-refractivity contribution in [2.24, 2.45) is 0 Å². The van der Waals surface area contributed by atoms with E-state index in [4.69, 9.17) is 0 Å². The molecule has 1 aromatic rings. The molecular weight excluding hydrogens is 238 g/mol. The van der Waals surface area contributed by atoms with Crippen LogP contribution in [0.5, 0.6) is 0 Å². The molecule has 102 valence electrons. The van der Waals surface area contributed by atoms with Crippen LogP contribution in [0.4, 0.5) is 0 Å². The van der Waals surface area contributed by atoms with Crippen molar-refractivity contribution >= 4 is 12.0 Å². The Morgan fingerprint density at radius 2 is 1.95 bits per heavy atom. The summed E-state index contributed by atoms with van der Waals surface area (Å²) in [5.41, 5.74) is 1.51. The molecule has 0 bridgehead atoms. The van der Waals surface area contributed by atoms with Crippen LogP contribution >= 0.6 is 0 Å². The van der Waals surface area contributed by atoms with Crippen LogP contribution in [0, 0.1) is 6.92 Å². The Bertz CT molecular complexity index is 456. The van der Waals surface area contributed by atoms with Crippen LogP contribution < -0.4 is 5.32 Å². The van der Waals surface area contributed by atoms with Crippen molar-refractivity contribution in [3.8, 4) is 0 Å². The molecule has 0 heterocycles. The maximum Gasteiger partial charge on any atom is 0.244 e. The highest BCUT2D eigenvalue weighted by molar-refractivity contribution is 5.91. The van der Waals surface area contributed by atoms with E-state index in [9.17, 15) is 9.90 Å². The summed E-state index contributed by atoms with van der Waals surface area (Å²) in [6, 6.07) is 7.98. The second-order valence-electron chi connectivity index (χ2n) is 5.39. The zero-order chi connectivity index (χ0) is 13.7. The molecule has 1 aliphatic rings. The summed E-state index contributed by atoms with van der Waals surface area (Å²) >= 11 is 0. The monoisotopic (exact) mass is 259 g/mol. The van der Waals surface area contributed by atoms with Gasteiger partial charge in [0, 0.05) is 12.6 Å². The van der Waals surface area contributed by atoms with Crippen molar-refractivity contribution in [2.45, 2.75) is 38.2 Å². The summed E-state index contributed by atoms with van der Waals surface area (Å²) in [7, 11) is 0. The maximum absolute atomic E-state index is 11.7. The van der Waals surface area contributed by atoms with E-state index in [1.54, 1.807) is 6.08 Å². The van der Waals surface area contributed by atoms with Gasteiger partial charge in [-0.3, -0.25) is 4.79 Å². The first-order valence-corrected chi connectivity index (χ1v) is 6.82. The SMILES string of the molecule is Cc1ccc(C=CC(=O)NCC2(O)CCCC2)cc1. The maximum atomic E-state index is 11.7. The van der Waals surface area contributed by atoms with Gasteiger partial charge in [0.15, 0.2) is 0 Å². The van der Waals surface area contributed by atoms with E-state index in [0.717, 1.165) is 31.2 Å². The van der Waals surface area contributed by atoms with Crippen molar-refractivity contribution < 1.29 is 9.90 Å². The van der Waals surface area contributed by atoms with Crippen LogP contribution in [0.15, 0.2) is 30.3 Å². The lowest BCUT2D eigenvalue weighted by molar-refractivity contribution is -0.117. The van der Waals surface area contributed by atoms with Crippen molar-refractivity contribution in [3.05, 3.63) is 41.5 Å². The Morgan fingerprint density at radius 1 is 1.32 bits per heavy atom. The number of aliphatic hydroxyl groups is 1. The van der Waals surface area contributed by atoms with Gasteiger partial charge in [-0.1, -0.05) is 42.7 Å². The molecule has 19 heavy (non-hydrogen) atoms. The molecule has 2 rings (SSSR count). The normalized spacial score (nSPS) is 17.8. The van der Waals surface area contributed by atoms with Gasteiger partial charge in [0.1, 0.15) is 0 Å². The summed E-state index contributed by atoms with van der Waals surface area (Å²) in [4.78, 5) is 11.7. The first kappa shape index (κ1) is 13.8. The first-order chi connectivity index (χ1) is 9.07. The molecule has 1 aromatic carbocycles. The Kier molecular flexibility index (Phi) is 4.38. The lowest BCUT2D eigenvalue weighted by Gasteiger charge is -2.21. The molecule has 3 heteroatoms. The Labute approximate surface area is 114 Å². The molecule has 0 saturated heterocycles. The molecule has 2 N–H and O–H groups in total. The summed E-state index contributed by atoms with van der Waals surface area (Å²) in [5.74, 6) is -0.152. The number of carbonyl (C=O) groups excluding carboxylic acids is 1. The van der Waals surface area contributed by atoms with E-state index < -0.39 is 5.60 Å². The molecule has 3 nitrogen and oxygen atoms in total.